The molecular formula is C20H26O4. The molecule has 0 radical (unpaired) electrons. The number of aromatic hydroxyl groups is 4. The van der Waals surface area contributed by atoms with Gasteiger partial charge in [-0.15, -0.1) is 0 Å². The van der Waals surface area contributed by atoms with Crippen LogP contribution in [-0.4, -0.2) is 20.4 Å². The van der Waals surface area contributed by atoms with Gasteiger partial charge in [0.2, 0.25) is 0 Å². The molecule has 0 saturated carbocycles. The summed E-state index contributed by atoms with van der Waals surface area (Å²) in [6.07, 6.45) is 6.25. The summed E-state index contributed by atoms with van der Waals surface area (Å²) in [7, 11) is 0. The molecule has 0 aromatic heterocycles. The van der Waals surface area contributed by atoms with Gasteiger partial charge in [0.15, 0.2) is 0 Å². The largest absolute Gasteiger partial charge is 0.508 e. The number of hydrogen-bond donors (Lipinski definition) is 4. The first-order chi connectivity index (χ1) is 11.5. The molecule has 2 aromatic rings. The average Bonchev–Trinajstić information content (AvgIpc) is 2.56. The third-order valence-electron chi connectivity index (χ3n) is 4.37. The molecule has 0 aliphatic carbocycles. The third-order valence-corrected chi connectivity index (χ3v) is 4.37. The minimum absolute atomic E-state index is 0.0680. The molecule has 0 saturated heterocycles. The Kier molecular flexibility index (Phi) is 6.36. The topological polar surface area (TPSA) is 80.9 Å². The fourth-order valence-electron chi connectivity index (χ4n) is 3.07. The maximum atomic E-state index is 10.2. The highest BCUT2D eigenvalue weighted by Gasteiger charge is 2.21. The zero-order chi connectivity index (χ0) is 17.5. The van der Waals surface area contributed by atoms with Gasteiger partial charge in [-0.2, -0.15) is 0 Å². The third kappa shape index (κ3) is 4.57. The fraction of sp³-hybridized carbons (Fsp3) is 0.400. The SMILES string of the molecule is CCCCCCCC(c1cc(O)ccc1O)c1cc(O)ccc1O. The van der Waals surface area contributed by atoms with E-state index in [0.29, 0.717) is 11.1 Å². The first-order valence-electron chi connectivity index (χ1n) is 8.56. The van der Waals surface area contributed by atoms with Crippen LogP contribution in [0, 0.1) is 0 Å². The van der Waals surface area contributed by atoms with Gasteiger partial charge in [-0.1, -0.05) is 39.0 Å². The average molecular weight is 330 g/mol. The van der Waals surface area contributed by atoms with E-state index >= 15 is 0 Å². The zero-order valence-corrected chi connectivity index (χ0v) is 14.1. The summed E-state index contributed by atoms with van der Waals surface area (Å²) in [6, 6.07) is 8.81. The van der Waals surface area contributed by atoms with E-state index in [4.69, 9.17) is 0 Å². The Morgan fingerprint density at radius 3 is 1.71 bits per heavy atom. The normalized spacial score (nSPS) is 11.1. The monoisotopic (exact) mass is 330 g/mol. The predicted octanol–water partition coefficient (Wildman–Crippen LogP) is 5.00. The summed E-state index contributed by atoms with van der Waals surface area (Å²) >= 11 is 0. The molecule has 0 unspecified atom stereocenters. The summed E-state index contributed by atoms with van der Waals surface area (Å²) in [4.78, 5) is 0. The van der Waals surface area contributed by atoms with Gasteiger partial charge in [0.25, 0.3) is 0 Å². The molecular weight excluding hydrogens is 304 g/mol. The summed E-state index contributed by atoms with van der Waals surface area (Å²) < 4.78 is 0. The Hall–Kier alpha value is -2.36. The van der Waals surface area contributed by atoms with Gasteiger partial charge in [-0.05, 0) is 42.8 Å². The first kappa shape index (κ1) is 18.0. The summed E-state index contributed by atoms with van der Waals surface area (Å²) in [5.41, 5.74) is 1.12. The molecule has 0 fully saturated rings. The maximum absolute atomic E-state index is 10.2. The molecule has 0 aliphatic heterocycles. The van der Waals surface area contributed by atoms with Crippen LogP contribution in [0.25, 0.3) is 0 Å². The van der Waals surface area contributed by atoms with Crippen LogP contribution in [-0.2, 0) is 0 Å². The lowest BCUT2D eigenvalue weighted by atomic mass is 9.85. The van der Waals surface area contributed by atoms with Crippen molar-refractivity contribution >= 4 is 0 Å². The number of rotatable bonds is 8. The van der Waals surface area contributed by atoms with Crippen molar-refractivity contribution in [3.8, 4) is 23.0 Å². The predicted molar refractivity (Wildman–Crippen MR) is 94.8 cm³/mol. The van der Waals surface area contributed by atoms with Crippen LogP contribution in [0.15, 0.2) is 36.4 Å². The van der Waals surface area contributed by atoms with Crippen molar-refractivity contribution in [1.29, 1.82) is 0 Å². The second kappa shape index (κ2) is 8.48. The van der Waals surface area contributed by atoms with Gasteiger partial charge in [-0.25, -0.2) is 0 Å². The molecule has 4 heteroatoms. The molecule has 24 heavy (non-hydrogen) atoms. The Morgan fingerprint density at radius 1 is 0.708 bits per heavy atom. The van der Waals surface area contributed by atoms with Gasteiger partial charge in [0.1, 0.15) is 23.0 Å². The number of hydrogen-bond acceptors (Lipinski definition) is 4. The van der Waals surface area contributed by atoms with Crippen molar-refractivity contribution in [2.45, 2.75) is 51.4 Å². The van der Waals surface area contributed by atoms with E-state index in [1.165, 1.54) is 49.2 Å². The van der Waals surface area contributed by atoms with E-state index < -0.39 is 0 Å². The van der Waals surface area contributed by atoms with Crippen LogP contribution >= 0.6 is 0 Å². The van der Waals surface area contributed by atoms with Gasteiger partial charge >= 0.3 is 0 Å². The van der Waals surface area contributed by atoms with Crippen LogP contribution in [0.3, 0.4) is 0 Å². The Labute approximate surface area is 143 Å². The van der Waals surface area contributed by atoms with Crippen molar-refractivity contribution in [3.05, 3.63) is 47.5 Å². The highest BCUT2D eigenvalue weighted by atomic mass is 16.3. The Balaban J connectivity index is 2.30. The number of phenolic OH excluding ortho intramolecular Hbond substituents is 4. The van der Waals surface area contributed by atoms with Crippen molar-refractivity contribution in [2.75, 3.05) is 0 Å². The molecule has 130 valence electrons. The van der Waals surface area contributed by atoms with Crippen LogP contribution in [0.5, 0.6) is 23.0 Å². The molecule has 0 atom stereocenters. The lowest BCUT2D eigenvalue weighted by Crippen LogP contribution is -2.03. The quantitative estimate of drug-likeness (QED) is 0.405. The fourth-order valence-corrected chi connectivity index (χ4v) is 3.07. The standard InChI is InChI=1S/C20H26O4/c1-2-3-4-5-6-7-16(17-12-14(21)8-10-19(17)23)18-13-15(22)9-11-20(18)24/h8-13,16,21-24H,2-7H2,1H3. The lowest BCUT2D eigenvalue weighted by molar-refractivity contribution is 0.435. The molecule has 0 amide bonds. The van der Waals surface area contributed by atoms with E-state index in [0.717, 1.165) is 25.7 Å². The smallest absolute Gasteiger partial charge is 0.119 e. The van der Waals surface area contributed by atoms with E-state index in [9.17, 15) is 20.4 Å². The minimum atomic E-state index is -0.286. The first-order valence-corrected chi connectivity index (χ1v) is 8.56. The summed E-state index contributed by atoms with van der Waals surface area (Å²) in [6.45, 7) is 2.17. The van der Waals surface area contributed by atoms with Crippen LogP contribution in [0.1, 0.15) is 62.5 Å². The molecule has 4 nitrogen and oxygen atoms in total. The van der Waals surface area contributed by atoms with Crippen molar-refractivity contribution in [3.63, 3.8) is 0 Å². The molecule has 2 aromatic carbocycles. The second-order valence-corrected chi connectivity index (χ2v) is 6.24. The molecule has 4 N–H and O–H groups in total. The van der Waals surface area contributed by atoms with Crippen molar-refractivity contribution in [1.82, 2.24) is 0 Å². The highest BCUT2D eigenvalue weighted by molar-refractivity contribution is 5.50. The number of phenols is 4. The molecule has 0 bridgehead atoms. The molecule has 0 spiro atoms. The van der Waals surface area contributed by atoms with Gasteiger partial charge in [-0.3, -0.25) is 0 Å². The Morgan fingerprint density at radius 2 is 1.21 bits per heavy atom. The van der Waals surface area contributed by atoms with Gasteiger partial charge in [0.05, 0.1) is 0 Å². The highest BCUT2D eigenvalue weighted by Crippen LogP contribution is 2.41. The van der Waals surface area contributed by atoms with Crippen molar-refractivity contribution < 1.29 is 20.4 Å². The van der Waals surface area contributed by atoms with Crippen LogP contribution in [0.2, 0.25) is 0 Å². The summed E-state index contributed by atoms with van der Waals surface area (Å²) in [5.74, 6) is 0.00544. The maximum Gasteiger partial charge on any atom is 0.119 e. The van der Waals surface area contributed by atoms with Gasteiger partial charge in [0, 0.05) is 17.0 Å². The van der Waals surface area contributed by atoms with Crippen LogP contribution in [0.4, 0.5) is 0 Å². The second-order valence-electron chi connectivity index (χ2n) is 6.24. The molecule has 2 rings (SSSR count). The Bertz CT molecular complexity index is 615. The van der Waals surface area contributed by atoms with E-state index in [-0.39, 0.29) is 28.9 Å². The lowest BCUT2D eigenvalue weighted by Gasteiger charge is -2.21. The van der Waals surface area contributed by atoms with E-state index in [1.807, 2.05) is 0 Å². The zero-order valence-electron chi connectivity index (χ0n) is 14.1. The summed E-state index contributed by atoms with van der Waals surface area (Å²) in [5, 5.41) is 40.0. The van der Waals surface area contributed by atoms with E-state index in [1.54, 1.807) is 0 Å². The van der Waals surface area contributed by atoms with E-state index in [2.05, 4.69) is 6.92 Å². The van der Waals surface area contributed by atoms with Crippen molar-refractivity contribution in [2.24, 2.45) is 0 Å². The van der Waals surface area contributed by atoms with Crippen LogP contribution < -0.4 is 0 Å². The minimum Gasteiger partial charge on any atom is -0.508 e. The number of unbranched alkanes of at least 4 members (excludes halogenated alkanes) is 4. The molecule has 0 aliphatic rings. The number of benzene rings is 2. The van der Waals surface area contributed by atoms with Gasteiger partial charge < -0.3 is 20.4 Å². The molecule has 0 heterocycles.